The number of nitrogens with zero attached hydrogens (tertiary/aromatic N) is 3. The maximum absolute atomic E-state index is 5.72. The monoisotopic (exact) mass is 266 g/mol. The van der Waals surface area contributed by atoms with E-state index >= 15 is 0 Å². The van der Waals surface area contributed by atoms with Crippen LogP contribution in [-0.4, -0.2) is 29.3 Å². The normalized spacial score (nSPS) is 19.1. The van der Waals surface area contributed by atoms with Gasteiger partial charge in [-0.25, -0.2) is 0 Å². The van der Waals surface area contributed by atoms with E-state index in [4.69, 9.17) is 4.42 Å². The molecule has 0 radical (unpaired) electrons. The Balaban J connectivity index is 1.89. The molecule has 0 amide bonds. The molecule has 1 saturated heterocycles. The van der Waals surface area contributed by atoms with Crippen molar-refractivity contribution in [2.45, 2.75) is 59.5 Å². The lowest BCUT2D eigenvalue weighted by molar-refractivity contribution is 0.233. The number of hydrogen-bond donors (Lipinski definition) is 1. The van der Waals surface area contributed by atoms with Gasteiger partial charge in [-0.2, -0.15) is 0 Å². The average Bonchev–Trinajstić information content (AvgIpc) is 2.86. The average molecular weight is 266 g/mol. The van der Waals surface area contributed by atoms with Crippen molar-refractivity contribution in [1.82, 2.24) is 15.5 Å². The Labute approximate surface area is 115 Å². The first kappa shape index (κ1) is 14.3. The van der Waals surface area contributed by atoms with E-state index in [1.165, 1.54) is 19.3 Å². The molecule has 0 aromatic carbocycles. The van der Waals surface area contributed by atoms with Crippen LogP contribution in [0.5, 0.6) is 0 Å². The zero-order valence-electron chi connectivity index (χ0n) is 12.6. The van der Waals surface area contributed by atoms with Crippen LogP contribution in [0.3, 0.4) is 0 Å². The van der Waals surface area contributed by atoms with Gasteiger partial charge in [0.05, 0.1) is 6.54 Å². The quantitative estimate of drug-likeness (QED) is 0.887. The highest BCUT2D eigenvalue weighted by molar-refractivity contribution is 5.25. The van der Waals surface area contributed by atoms with Gasteiger partial charge in [-0.1, -0.05) is 39.2 Å². The Hall–Kier alpha value is -1.10. The van der Waals surface area contributed by atoms with Crippen molar-refractivity contribution in [2.24, 2.45) is 5.41 Å². The fourth-order valence-corrected chi connectivity index (χ4v) is 2.33. The number of aromatic nitrogens is 2. The Kier molecular flexibility index (Phi) is 4.45. The summed E-state index contributed by atoms with van der Waals surface area (Å²) in [6.07, 6.45) is 3.64. The first-order valence-corrected chi connectivity index (χ1v) is 7.33. The molecule has 0 bridgehead atoms. The molecule has 0 unspecified atom stereocenters. The summed E-state index contributed by atoms with van der Waals surface area (Å²) in [6.45, 7) is 11.5. The molecule has 19 heavy (non-hydrogen) atoms. The number of anilines is 1. The van der Waals surface area contributed by atoms with E-state index in [9.17, 15) is 0 Å². The van der Waals surface area contributed by atoms with Crippen molar-refractivity contribution in [3.63, 3.8) is 0 Å². The topological polar surface area (TPSA) is 54.2 Å². The molecule has 1 fully saturated rings. The SMILES string of the molecule is CCC1(C)CCN(c2nnc(CNC(C)C)o2)CC1. The largest absolute Gasteiger partial charge is 0.407 e. The first-order chi connectivity index (χ1) is 9.02. The van der Waals surface area contributed by atoms with Crippen molar-refractivity contribution >= 4 is 6.01 Å². The molecule has 0 aliphatic carbocycles. The third kappa shape index (κ3) is 3.69. The minimum Gasteiger partial charge on any atom is -0.407 e. The second-order valence-electron chi connectivity index (χ2n) is 6.17. The van der Waals surface area contributed by atoms with Gasteiger partial charge in [0.15, 0.2) is 0 Å². The summed E-state index contributed by atoms with van der Waals surface area (Å²) in [6, 6.07) is 1.11. The lowest BCUT2D eigenvalue weighted by atomic mass is 9.78. The van der Waals surface area contributed by atoms with Gasteiger partial charge >= 0.3 is 6.01 Å². The van der Waals surface area contributed by atoms with Crippen LogP contribution in [0.2, 0.25) is 0 Å². The molecule has 1 aromatic heterocycles. The van der Waals surface area contributed by atoms with Crippen LogP contribution in [0, 0.1) is 5.41 Å². The summed E-state index contributed by atoms with van der Waals surface area (Å²) in [5.41, 5.74) is 0.485. The number of piperidine rings is 1. The molecule has 1 aliphatic heterocycles. The Bertz CT molecular complexity index is 394. The number of hydrogen-bond acceptors (Lipinski definition) is 5. The van der Waals surface area contributed by atoms with Gasteiger partial charge in [-0.15, -0.1) is 5.10 Å². The molecule has 2 heterocycles. The van der Waals surface area contributed by atoms with Gasteiger partial charge in [0.2, 0.25) is 5.89 Å². The van der Waals surface area contributed by atoms with Crippen LogP contribution >= 0.6 is 0 Å². The lowest BCUT2D eigenvalue weighted by Crippen LogP contribution is -2.38. The maximum Gasteiger partial charge on any atom is 0.318 e. The highest BCUT2D eigenvalue weighted by Crippen LogP contribution is 2.35. The summed E-state index contributed by atoms with van der Waals surface area (Å²) >= 11 is 0. The first-order valence-electron chi connectivity index (χ1n) is 7.33. The van der Waals surface area contributed by atoms with Crippen LogP contribution < -0.4 is 10.2 Å². The van der Waals surface area contributed by atoms with E-state index in [1.54, 1.807) is 0 Å². The van der Waals surface area contributed by atoms with Gasteiger partial charge < -0.3 is 14.6 Å². The summed E-state index contributed by atoms with van der Waals surface area (Å²) in [4.78, 5) is 2.21. The predicted octanol–water partition coefficient (Wildman–Crippen LogP) is 2.58. The fraction of sp³-hybridized carbons (Fsp3) is 0.857. The lowest BCUT2D eigenvalue weighted by Gasteiger charge is -2.37. The van der Waals surface area contributed by atoms with Crippen molar-refractivity contribution in [1.29, 1.82) is 0 Å². The van der Waals surface area contributed by atoms with Crippen molar-refractivity contribution in [3.05, 3.63) is 5.89 Å². The second-order valence-corrected chi connectivity index (χ2v) is 6.17. The Morgan fingerprint density at radius 2 is 2.00 bits per heavy atom. The van der Waals surface area contributed by atoms with E-state index in [-0.39, 0.29) is 0 Å². The Morgan fingerprint density at radius 3 is 2.58 bits per heavy atom. The van der Waals surface area contributed by atoms with E-state index < -0.39 is 0 Å². The zero-order chi connectivity index (χ0) is 13.9. The van der Waals surface area contributed by atoms with Crippen molar-refractivity contribution in [2.75, 3.05) is 18.0 Å². The van der Waals surface area contributed by atoms with Crippen LogP contribution in [0.25, 0.3) is 0 Å². The third-order valence-corrected chi connectivity index (χ3v) is 4.21. The summed E-state index contributed by atoms with van der Waals surface area (Å²) < 4.78 is 5.72. The minimum absolute atomic E-state index is 0.426. The van der Waals surface area contributed by atoms with Crippen molar-refractivity contribution in [3.8, 4) is 0 Å². The molecule has 5 heteroatoms. The van der Waals surface area contributed by atoms with Crippen LogP contribution in [-0.2, 0) is 6.54 Å². The molecule has 0 spiro atoms. The molecule has 1 N–H and O–H groups in total. The van der Waals surface area contributed by atoms with Gasteiger partial charge in [-0.05, 0) is 18.3 Å². The van der Waals surface area contributed by atoms with Gasteiger partial charge in [0.25, 0.3) is 0 Å². The standard InChI is InChI=1S/C14H26N4O/c1-5-14(4)6-8-18(9-7-14)13-17-16-12(19-13)10-15-11(2)3/h11,15H,5-10H2,1-4H3. The molecule has 2 rings (SSSR count). The van der Waals surface area contributed by atoms with Gasteiger partial charge in [-0.3, -0.25) is 0 Å². The highest BCUT2D eigenvalue weighted by Gasteiger charge is 2.30. The molecular formula is C14H26N4O. The van der Waals surface area contributed by atoms with Crippen molar-refractivity contribution < 1.29 is 4.42 Å². The minimum atomic E-state index is 0.426. The summed E-state index contributed by atoms with van der Waals surface area (Å²) in [5, 5.41) is 11.5. The molecule has 108 valence electrons. The third-order valence-electron chi connectivity index (χ3n) is 4.21. The van der Waals surface area contributed by atoms with Crippen LogP contribution in [0.4, 0.5) is 6.01 Å². The number of nitrogens with one attached hydrogen (secondary N) is 1. The van der Waals surface area contributed by atoms with Crippen LogP contribution in [0.1, 0.15) is 52.8 Å². The molecule has 0 saturated carbocycles. The molecule has 5 nitrogen and oxygen atoms in total. The number of rotatable bonds is 5. The van der Waals surface area contributed by atoms with E-state index in [0.29, 0.717) is 29.9 Å². The molecule has 1 aliphatic rings. The predicted molar refractivity (Wildman–Crippen MR) is 76.1 cm³/mol. The van der Waals surface area contributed by atoms with Gasteiger partial charge in [0, 0.05) is 19.1 Å². The zero-order valence-corrected chi connectivity index (χ0v) is 12.6. The van der Waals surface area contributed by atoms with Crippen LogP contribution in [0.15, 0.2) is 4.42 Å². The smallest absolute Gasteiger partial charge is 0.318 e. The summed E-state index contributed by atoms with van der Waals surface area (Å²) in [7, 11) is 0. The second kappa shape index (κ2) is 5.90. The van der Waals surface area contributed by atoms with E-state index in [1.807, 2.05) is 0 Å². The highest BCUT2D eigenvalue weighted by atomic mass is 16.4. The fourth-order valence-electron chi connectivity index (χ4n) is 2.33. The van der Waals surface area contributed by atoms with Gasteiger partial charge in [0.1, 0.15) is 0 Å². The Morgan fingerprint density at radius 1 is 1.32 bits per heavy atom. The summed E-state index contributed by atoms with van der Waals surface area (Å²) in [5.74, 6) is 0.674. The molecule has 1 aromatic rings. The van der Waals surface area contributed by atoms with E-state index in [2.05, 4.69) is 48.1 Å². The van der Waals surface area contributed by atoms with E-state index in [0.717, 1.165) is 13.1 Å². The molecule has 0 atom stereocenters. The maximum atomic E-state index is 5.72. The molecular weight excluding hydrogens is 240 g/mol.